The molecule has 1 aromatic carbocycles. The molecule has 2 aliphatic heterocycles. The molecule has 5 heteroatoms. The smallest absolute Gasteiger partial charge is 0.224 e. The SMILES string of the molecule is COc1ccc(CCN2C[C@@H](NC3CCN(C)CC3)CC2=O)cc1. The van der Waals surface area contributed by atoms with Gasteiger partial charge >= 0.3 is 0 Å². The van der Waals surface area contributed by atoms with Crippen molar-refractivity contribution in [3.05, 3.63) is 29.8 Å². The summed E-state index contributed by atoms with van der Waals surface area (Å²) >= 11 is 0. The molecule has 5 nitrogen and oxygen atoms in total. The lowest BCUT2D eigenvalue weighted by molar-refractivity contribution is -0.127. The minimum Gasteiger partial charge on any atom is -0.497 e. The van der Waals surface area contributed by atoms with E-state index in [0.29, 0.717) is 18.5 Å². The summed E-state index contributed by atoms with van der Waals surface area (Å²) in [5.74, 6) is 1.16. The lowest BCUT2D eigenvalue weighted by Crippen LogP contribution is -2.46. The first-order chi connectivity index (χ1) is 11.6. The second-order valence-corrected chi connectivity index (χ2v) is 7.08. The Morgan fingerprint density at radius 2 is 1.88 bits per heavy atom. The summed E-state index contributed by atoms with van der Waals surface area (Å²) in [6.07, 6.45) is 3.92. The Morgan fingerprint density at radius 1 is 1.17 bits per heavy atom. The third-order valence-electron chi connectivity index (χ3n) is 5.23. The summed E-state index contributed by atoms with van der Waals surface area (Å²) in [7, 11) is 3.85. The maximum Gasteiger partial charge on any atom is 0.224 e. The van der Waals surface area contributed by atoms with Crippen LogP contribution in [-0.4, -0.2) is 68.1 Å². The zero-order valence-corrected chi connectivity index (χ0v) is 14.8. The molecule has 2 fully saturated rings. The second-order valence-electron chi connectivity index (χ2n) is 7.08. The third-order valence-corrected chi connectivity index (χ3v) is 5.23. The molecule has 1 amide bonds. The van der Waals surface area contributed by atoms with Crippen LogP contribution in [0.3, 0.4) is 0 Å². The fraction of sp³-hybridized carbons (Fsp3) is 0.632. The van der Waals surface area contributed by atoms with Crippen molar-refractivity contribution in [1.29, 1.82) is 0 Å². The van der Waals surface area contributed by atoms with Crippen LogP contribution < -0.4 is 10.1 Å². The molecule has 0 spiro atoms. The maximum atomic E-state index is 12.3. The van der Waals surface area contributed by atoms with Crippen LogP contribution in [0.25, 0.3) is 0 Å². The van der Waals surface area contributed by atoms with Gasteiger partial charge in [-0.3, -0.25) is 4.79 Å². The number of carbonyl (C=O) groups is 1. The van der Waals surface area contributed by atoms with E-state index in [9.17, 15) is 4.79 Å². The largest absolute Gasteiger partial charge is 0.497 e. The highest BCUT2D eigenvalue weighted by molar-refractivity contribution is 5.79. The van der Waals surface area contributed by atoms with E-state index < -0.39 is 0 Å². The molecule has 1 aromatic rings. The predicted molar refractivity (Wildman–Crippen MR) is 95.3 cm³/mol. The standard InChI is InChI=1S/C19H29N3O2/c1-21-10-8-16(9-11-21)20-17-13-19(23)22(14-17)12-7-15-3-5-18(24-2)6-4-15/h3-6,16-17,20H,7-14H2,1-2H3/t17-/m0/s1. The summed E-state index contributed by atoms with van der Waals surface area (Å²) in [4.78, 5) is 16.6. The summed E-state index contributed by atoms with van der Waals surface area (Å²) < 4.78 is 5.18. The molecule has 2 heterocycles. The van der Waals surface area contributed by atoms with Crippen LogP contribution in [0.5, 0.6) is 5.75 Å². The van der Waals surface area contributed by atoms with Gasteiger partial charge in [-0.1, -0.05) is 12.1 Å². The van der Waals surface area contributed by atoms with Crippen LogP contribution in [0.4, 0.5) is 0 Å². The normalized spacial score (nSPS) is 23.0. The highest BCUT2D eigenvalue weighted by atomic mass is 16.5. The van der Waals surface area contributed by atoms with Gasteiger partial charge in [0.25, 0.3) is 0 Å². The van der Waals surface area contributed by atoms with Gasteiger partial charge in [0.05, 0.1) is 7.11 Å². The van der Waals surface area contributed by atoms with E-state index in [1.807, 2.05) is 17.0 Å². The van der Waals surface area contributed by atoms with Crippen LogP contribution in [-0.2, 0) is 11.2 Å². The third kappa shape index (κ3) is 4.48. The number of nitrogens with zero attached hydrogens (tertiary/aromatic N) is 2. The van der Waals surface area contributed by atoms with Gasteiger partial charge in [0.1, 0.15) is 5.75 Å². The Kier molecular flexibility index (Phi) is 5.74. The van der Waals surface area contributed by atoms with E-state index in [1.165, 1.54) is 18.4 Å². The van der Waals surface area contributed by atoms with Crippen molar-refractivity contribution in [2.24, 2.45) is 0 Å². The molecule has 2 saturated heterocycles. The number of piperidine rings is 1. The minimum atomic E-state index is 0.286. The number of carbonyl (C=O) groups excluding carboxylic acids is 1. The molecule has 2 aliphatic rings. The van der Waals surface area contributed by atoms with E-state index in [4.69, 9.17) is 4.74 Å². The van der Waals surface area contributed by atoms with E-state index in [0.717, 1.165) is 38.3 Å². The number of ether oxygens (including phenoxy) is 1. The number of benzene rings is 1. The van der Waals surface area contributed by atoms with E-state index in [2.05, 4.69) is 29.4 Å². The number of amides is 1. The second kappa shape index (κ2) is 7.99. The molecule has 1 N–H and O–H groups in total. The number of rotatable bonds is 6. The molecule has 0 aromatic heterocycles. The minimum absolute atomic E-state index is 0.286. The Labute approximate surface area is 145 Å². The lowest BCUT2D eigenvalue weighted by Gasteiger charge is -2.31. The first-order valence-corrected chi connectivity index (χ1v) is 8.99. The fourth-order valence-electron chi connectivity index (χ4n) is 3.66. The van der Waals surface area contributed by atoms with Gasteiger partial charge in [-0.25, -0.2) is 0 Å². The first kappa shape index (κ1) is 17.2. The Bertz CT molecular complexity index is 538. The molecule has 24 heavy (non-hydrogen) atoms. The van der Waals surface area contributed by atoms with Gasteiger partial charge in [0.2, 0.25) is 5.91 Å². The van der Waals surface area contributed by atoms with E-state index >= 15 is 0 Å². The van der Waals surface area contributed by atoms with Gasteiger partial charge < -0.3 is 19.9 Å². The van der Waals surface area contributed by atoms with Crippen LogP contribution in [0, 0.1) is 0 Å². The molecular formula is C19H29N3O2. The van der Waals surface area contributed by atoms with Gasteiger partial charge in [0, 0.05) is 31.6 Å². The Hall–Kier alpha value is -1.59. The molecule has 0 bridgehead atoms. The van der Waals surface area contributed by atoms with Crippen molar-refractivity contribution >= 4 is 5.91 Å². The zero-order chi connectivity index (χ0) is 16.9. The first-order valence-electron chi connectivity index (χ1n) is 8.99. The number of hydrogen-bond donors (Lipinski definition) is 1. The summed E-state index contributed by atoms with van der Waals surface area (Å²) in [6, 6.07) is 9.00. The number of nitrogens with one attached hydrogen (secondary N) is 1. The molecule has 132 valence electrons. The van der Waals surface area contributed by atoms with E-state index in [1.54, 1.807) is 7.11 Å². The van der Waals surface area contributed by atoms with E-state index in [-0.39, 0.29) is 5.91 Å². The molecule has 0 aliphatic carbocycles. The summed E-state index contributed by atoms with van der Waals surface area (Å²) in [5, 5.41) is 3.71. The van der Waals surface area contributed by atoms with Crippen molar-refractivity contribution in [3.63, 3.8) is 0 Å². The van der Waals surface area contributed by atoms with Gasteiger partial charge in [0.15, 0.2) is 0 Å². The van der Waals surface area contributed by atoms with Crippen molar-refractivity contribution in [3.8, 4) is 5.75 Å². The molecular weight excluding hydrogens is 302 g/mol. The average molecular weight is 331 g/mol. The Morgan fingerprint density at radius 3 is 2.54 bits per heavy atom. The van der Waals surface area contributed by atoms with Gasteiger partial charge in [-0.05, 0) is 57.1 Å². The van der Waals surface area contributed by atoms with Gasteiger partial charge in [-0.2, -0.15) is 0 Å². The van der Waals surface area contributed by atoms with Crippen molar-refractivity contribution < 1.29 is 9.53 Å². The molecule has 3 rings (SSSR count). The van der Waals surface area contributed by atoms with Crippen LogP contribution in [0.15, 0.2) is 24.3 Å². The molecule has 1 atom stereocenters. The zero-order valence-electron chi connectivity index (χ0n) is 14.8. The number of hydrogen-bond acceptors (Lipinski definition) is 4. The summed E-state index contributed by atoms with van der Waals surface area (Å²) in [5.41, 5.74) is 1.25. The lowest BCUT2D eigenvalue weighted by atomic mass is 10.0. The fourth-order valence-corrected chi connectivity index (χ4v) is 3.66. The molecule has 0 radical (unpaired) electrons. The monoisotopic (exact) mass is 331 g/mol. The highest BCUT2D eigenvalue weighted by Gasteiger charge is 2.31. The van der Waals surface area contributed by atoms with Crippen LogP contribution in [0.1, 0.15) is 24.8 Å². The highest BCUT2D eigenvalue weighted by Crippen LogP contribution is 2.17. The quantitative estimate of drug-likeness (QED) is 0.858. The van der Waals surface area contributed by atoms with Gasteiger partial charge in [-0.15, -0.1) is 0 Å². The van der Waals surface area contributed by atoms with Crippen molar-refractivity contribution in [2.75, 3.05) is 40.3 Å². The maximum absolute atomic E-state index is 12.3. The summed E-state index contributed by atoms with van der Waals surface area (Å²) in [6.45, 7) is 3.96. The van der Waals surface area contributed by atoms with Crippen LogP contribution >= 0.6 is 0 Å². The van der Waals surface area contributed by atoms with Crippen molar-refractivity contribution in [2.45, 2.75) is 37.8 Å². The molecule has 0 unspecified atom stereocenters. The number of methoxy groups -OCH3 is 1. The number of likely N-dealkylation sites (tertiary alicyclic amines) is 2. The molecule has 0 saturated carbocycles. The average Bonchev–Trinajstić information content (AvgIpc) is 2.95. The topological polar surface area (TPSA) is 44.8 Å². The van der Waals surface area contributed by atoms with Crippen molar-refractivity contribution in [1.82, 2.24) is 15.1 Å². The van der Waals surface area contributed by atoms with Crippen LogP contribution in [0.2, 0.25) is 0 Å². The Balaban J connectivity index is 1.44. The predicted octanol–water partition coefficient (Wildman–Crippen LogP) is 1.52.